The molecule has 0 aliphatic carbocycles. The maximum absolute atomic E-state index is 12.4. The monoisotopic (exact) mass is 321 g/mol. The zero-order chi connectivity index (χ0) is 17.0. The first-order valence-corrected chi connectivity index (χ1v) is 7.86. The Balaban J connectivity index is 1.97. The number of piperidine rings is 1. The predicted octanol–water partition coefficient (Wildman–Crippen LogP) is 2.01. The third kappa shape index (κ3) is 4.27. The Morgan fingerprint density at radius 1 is 1.35 bits per heavy atom. The van der Waals surface area contributed by atoms with E-state index in [0.29, 0.717) is 0 Å². The van der Waals surface area contributed by atoms with Crippen molar-refractivity contribution < 1.29 is 14.8 Å². The van der Waals surface area contributed by atoms with Crippen LogP contribution < -0.4 is 5.32 Å². The van der Waals surface area contributed by atoms with Crippen LogP contribution in [0.25, 0.3) is 0 Å². The van der Waals surface area contributed by atoms with Gasteiger partial charge < -0.3 is 10.4 Å². The largest absolute Gasteiger partial charge is 0.393 e. The van der Waals surface area contributed by atoms with Gasteiger partial charge in [0.05, 0.1) is 17.1 Å². The number of nitrogens with one attached hydrogen (secondary N) is 1. The molecule has 0 spiro atoms. The Morgan fingerprint density at radius 2 is 1.96 bits per heavy atom. The second kappa shape index (κ2) is 7.52. The van der Waals surface area contributed by atoms with Crippen molar-refractivity contribution in [2.75, 3.05) is 18.4 Å². The van der Waals surface area contributed by atoms with Crippen LogP contribution in [0.5, 0.6) is 0 Å². The lowest BCUT2D eigenvalue weighted by Crippen LogP contribution is -2.47. The van der Waals surface area contributed by atoms with Gasteiger partial charge in [-0.1, -0.05) is 12.1 Å². The number of likely N-dealkylation sites (tertiary alicyclic amines) is 1. The summed E-state index contributed by atoms with van der Waals surface area (Å²) in [6, 6.07) is 5.75. The van der Waals surface area contributed by atoms with Gasteiger partial charge in [0.15, 0.2) is 0 Å². The summed E-state index contributed by atoms with van der Waals surface area (Å²) < 4.78 is 0. The minimum absolute atomic E-state index is 0.110. The number of nitro benzene ring substituents is 1. The highest BCUT2D eigenvalue weighted by atomic mass is 16.6. The minimum atomic E-state index is -0.506. The molecule has 1 aromatic carbocycles. The molecule has 0 aromatic heterocycles. The molecule has 7 nitrogen and oxygen atoms in total. The standard InChI is InChI=1S/C16H23N3O4/c1-11(18-9-7-13(8-10-18)12(2)20)16(21)17-14-5-3-4-6-15(14)19(22)23/h3-6,11-13,20H,7-10H2,1-2H3,(H,17,21). The lowest BCUT2D eigenvalue weighted by molar-refractivity contribution is -0.383. The molecule has 1 amide bonds. The number of nitro groups is 1. The van der Waals surface area contributed by atoms with E-state index in [2.05, 4.69) is 5.32 Å². The lowest BCUT2D eigenvalue weighted by atomic mass is 9.91. The molecule has 1 aromatic rings. The van der Waals surface area contributed by atoms with Gasteiger partial charge in [-0.25, -0.2) is 0 Å². The van der Waals surface area contributed by atoms with E-state index in [1.165, 1.54) is 12.1 Å². The number of aliphatic hydroxyl groups is 1. The Labute approximate surface area is 135 Å². The first-order valence-electron chi connectivity index (χ1n) is 7.86. The number of carbonyl (C=O) groups is 1. The Bertz CT molecular complexity index is 568. The van der Waals surface area contributed by atoms with Crippen LogP contribution in [0.3, 0.4) is 0 Å². The van der Waals surface area contributed by atoms with Gasteiger partial charge in [-0.05, 0) is 51.8 Å². The van der Waals surface area contributed by atoms with Gasteiger partial charge >= 0.3 is 0 Å². The van der Waals surface area contributed by atoms with Crippen molar-refractivity contribution in [1.29, 1.82) is 0 Å². The van der Waals surface area contributed by atoms with Gasteiger partial charge in [-0.3, -0.25) is 19.8 Å². The van der Waals surface area contributed by atoms with E-state index < -0.39 is 4.92 Å². The zero-order valence-corrected chi connectivity index (χ0v) is 13.4. The first kappa shape index (κ1) is 17.4. The summed E-state index contributed by atoms with van der Waals surface area (Å²) in [4.78, 5) is 24.9. The SMILES string of the molecule is CC(O)C1CCN(C(C)C(=O)Nc2ccccc2[N+](=O)[O-])CC1. The number of aliphatic hydroxyl groups excluding tert-OH is 1. The topological polar surface area (TPSA) is 95.7 Å². The molecule has 2 atom stereocenters. The van der Waals surface area contributed by atoms with E-state index in [4.69, 9.17) is 0 Å². The van der Waals surface area contributed by atoms with Crippen molar-refractivity contribution in [3.8, 4) is 0 Å². The highest BCUT2D eigenvalue weighted by Crippen LogP contribution is 2.25. The van der Waals surface area contributed by atoms with Crippen LogP contribution in [0.15, 0.2) is 24.3 Å². The van der Waals surface area contributed by atoms with E-state index in [-0.39, 0.29) is 35.3 Å². The fraction of sp³-hybridized carbons (Fsp3) is 0.562. The molecule has 2 N–H and O–H groups in total. The number of carbonyl (C=O) groups excluding carboxylic acids is 1. The van der Waals surface area contributed by atoms with Crippen LogP contribution in [0.1, 0.15) is 26.7 Å². The van der Waals surface area contributed by atoms with Crippen molar-refractivity contribution in [2.24, 2.45) is 5.92 Å². The molecule has 2 rings (SSSR count). The second-order valence-corrected chi connectivity index (χ2v) is 6.05. The molecule has 1 aliphatic heterocycles. The number of nitrogens with zero attached hydrogens (tertiary/aromatic N) is 2. The van der Waals surface area contributed by atoms with E-state index >= 15 is 0 Å². The normalized spacial score (nSPS) is 19.1. The smallest absolute Gasteiger partial charge is 0.292 e. The quantitative estimate of drug-likeness (QED) is 0.639. The molecular formula is C16H23N3O4. The van der Waals surface area contributed by atoms with E-state index in [1.54, 1.807) is 26.0 Å². The molecule has 1 fully saturated rings. The van der Waals surface area contributed by atoms with Gasteiger partial charge in [0.1, 0.15) is 5.69 Å². The highest BCUT2D eigenvalue weighted by Gasteiger charge is 2.29. The van der Waals surface area contributed by atoms with Crippen molar-refractivity contribution in [2.45, 2.75) is 38.8 Å². The van der Waals surface area contributed by atoms with E-state index in [9.17, 15) is 20.0 Å². The summed E-state index contributed by atoms with van der Waals surface area (Å²) in [6.07, 6.45) is 1.37. The van der Waals surface area contributed by atoms with Crippen LogP contribution in [-0.2, 0) is 4.79 Å². The van der Waals surface area contributed by atoms with E-state index in [0.717, 1.165) is 25.9 Å². The van der Waals surface area contributed by atoms with Crippen molar-refractivity contribution in [3.63, 3.8) is 0 Å². The Morgan fingerprint density at radius 3 is 2.52 bits per heavy atom. The van der Waals surface area contributed by atoms with Crippen molar-refractivity contribution in [3.05, 3.63) is 34.4 Å². The molecular weight excluding hydrogens is 298 g/mol. The maximum Gasteiger partial charge on any atom is 0.292 e. The van der Waals surface area contributed by atoms with Gasteiger partial charge in [-0.15, -0.1) is 0 Å². The van der Waals surface area contributed by atoms with Crippen LogP contribution in [-0.4, -0.2) is 46.1 Å². The number of hydrogen-bond acceptors (Lipinski definition) is 5. The second-order valence-electron chi connectivity index (χ2n) is 6.05. The highest BCUT2D eigenvalue weighted by molar-refractivity contribution is 5.96. The average Bonchev–Trinajstić information content (AvgIpc) is 2.54. The van der Waals surface area contributed by atoms with Gasteiger partial charge in [0.2, 0.25) is 5.91 Å². The fourth-order valence-corrected chi connectivity index (χ4v) is 2.93. The molecule has 0 saturated carbocycles. The third-order valence-electron chi connectivity index (χ3n) is 4.54. The van der Waals surface area contributed by atoms with Crippen molar-refractivity contribution in [1.82, 2.24) is 4.90 Å². The van der Waals surface area contributed by atoms with Crippen LogP contribution in [0, 0.1) is 16.0 Å². The lowest BCUT2D eigenvalue weighted by Gasteiger charge is -2.36. The first-order chi connectivity index (χ1) is 10.9. The Kier molecular flexibility index (Phi) is 5.68. The van der Waals surface area contributed by atoms with Gasteiger partial charge in [0, 0.05) is 6.07 Å². The molecule has 0 radical (unpaired) electrons. The summed E-state index contributed by atoms with van der Waals surface area (Å²) in [7, 11) is 0. The summed E-state index contributed by atoms with van der Waals surface area (Å²) in [5.41, 5.74) is 0.106. The number of para-hydroxylation sites is 2. The summed E-state index contributed by atoms with van der Waals surface area (Å²) in [5.74, 6) is 0.0199. The average molecular weight is 321 g/mol. The summed E-state index contributed by atoms with van der Waals surface area (Å²) in [5, 5.41) is 23.3. The number of hydrogen-bond donors (Lipinski definition) is 2. The minimum Gasteiger partial charge on any atom is -0.393 e. The molecule has 2 unspecified atom stereocenters. The third-order valence-corrected chi connectivity index (χ3v) is 4.54. The summed E-state index contributed by atoms with van der Waals surface area (Å²) >= 11 is 0. The van der Waals surface area contributed by atoms with Crippen LogP contribution in [0.4, 0.5) is 11.4 Å². The van der Waals surface area contributed by atoms with Crippen molar-refractivity contribution >= 4 is 17.3 Å². The fourth-order valence-electron chi connectivity index (χ4n) is 2.93. The summed E-state index contributed by atoms with van der Waals surface area (Å²) in [6.45, 7) is 5.07. The van der Waals surface area contributed by atoms with E-state index in [1.807, 2.05) is 4.90 Å². The molecule has 23 heavy (non-hydrogen) atoms. The Hall–Kier alpha value is -1.99. The maximum atomic E-state index is 12.4. The van der Waals surface area contributed by atoms with Crippen LogP contribution in [0.2, 0.25) is 0 Å². The molecule has 126 valence electrons. The molecule has 1 heterocycles. The van der Waals surface area contributed by atoms with Gasteiger partial charge in [0.25, 0.3) is 5.69 Å². The number of benzene rings is 1. The molecule has 7 heteroatoms. The number of anilines is 1. The van der Waals surface area contributed by atoms with Gasteiger partial charge in [-0.2, -0.15) is 0 Å². The van der Waals surface area contributed by atoms with Crippen LogP contribution >= 0.6 is 0 Å². The predicted molar refractivity (Wildman–Crippen MR) is 87.2 cm³/mol. The molecule has 1 aliphatic rings. The molecule has 0 bridgehead atoms. The number of amides is 1. The number of rotatable bonds is 5. The zero-order valence-electron chi connectivity index (χ0n) is 13.4. The molecule has 1 saturated heterocycles.